The molecule has 7 heteroatoms. The van der Waals surface area contributed by atoms with Crippen LogP contribution in [0.25, 0.3) is 0 Å². The molecule has 4 nitrogen and oxygen atoms in total. The summed E-state index contributed by atoms with van der Waals surface area (Å²) in [4.78, 5) is 4.26. The second kappa shape index (κ2) is 4.91. The summed E-state index contributed by atoms with van der Waals surface area (Å²) < 4.78 is 25.5. The summed E-state index contributed by atoms with van der Waals surface area (Å²) >= 11 is 2.48. The Bertz CT molecular complexity index is 660. The molecule has 0 atom stereocenters. The fraction of sp³-hybridized carbons (Fsp3) is 0.182. The Kier molecular flexibility index (Phi) is 3.65. The van der Waals surface area contributed by atoms with Gasteiger partial charge in [0.1, 0.15) is 0 Å². The zero-order valence-corrected chi connectivity index (χ0v) is 12.3. The minimum absolute atomic E-state index is 0.0740. The number of rotatable bonds is 3. The first-order valence-electron chi connectivity index (χ1n) is 5.07. The van der Waals surface area contributed by atoms with E-state index in [0.717, 1.165) is 16.9 Å². The predicted molar refractivity (Wildman–Crippen MR) is 74.9 cm³/mol. The van der Waals surface area contributed by atoms with Crippen LogP contribution in [-0.4, -0.2) is 19.7 Å². The van der Waals surface area contributed by atoms with Crippen molar-refractivity contribution in [1.29, 1.82) is 0 Å². The molecule has 2 rings (SSSR count). The predicted octanol–water partition coefficient (Wildman–Crippen LogP) is 2.59. The molecule has 0 bridgehead atoms. The minimum atomic E-state index is -3.56. The summed E-state index contributed by atoms with van der Waals surface area (Å²) in [6.45, 7) is 1.91. The fourth-order valence-electron chi connectivity index (χ4n) is 1.40. The van der Waals surface area contributed by atoms with E-state index in [1.165, 1.54) is 11.8 Å². The van der Waals surface area contributed by atoms with Crippen LogP contribution in [0, 0.1) is 6.92 Å². The maximum atomic E-state index is 12.4. The van der Waals surface area contributed by atoms with Gasteiger partial charge < -0.3 is 5.73 Å². The Hall–Kier alpha value is -1.05. The van der Waals surface area contributed by atoms with Gasteiger partial charge in [0.2, 0.25) is 9.84 Å². The van der Waals surface area contributed by atoms with E-state index < -0.39 is 9.84 Å². The van der Waals surface area contributed by atoms with E-state index in [-0.39, 0.29) is 14.9 Å². The van der Waals surface area contributed by atoms with Crippen LogP contribution < -0.4 is 5.73 Å². The Morgan fingerprint density at radius 1 is 1.28 bits per heavy atom. The summed E-state index contributed by atoms with van der Waals surface area (Å²) in [5.74, 6) is 0.0740. The zero-order valence-electron chi connectivity index (χ0n) is 9.88. The van der Waals surface area contributed by atoms with Crippen molar-refractivity contribution in [3.63, 3.8) is 0 Å². The van der Waals surface area contributed by atoms with Crippen molar-refractivity contribution in [3.05, 3.63) is 29.8 Å². The number of thiazole rings is 1. The van der Waals surface area contributed by atoms with Crippen LogP contribution >= 0.6 is 23.1 Å². The molecule has 0 saturated carbocycles. The first kappa shape index (κ1) is 13.4. The van der Waals surface area contributed by atoms with Gasteiger partial charge in [-0.05, 0) is 25.3 Å². The standard InChI is InChI=1S/C11H12N2O2S3/c1-7-3-5-8(6-4-7)18(14,15)10-9(12)13-11(16-2)17-10/h3-6H,12H2,1-2H3. The van der Waals surface area contributed by atoms with Crippen molar-refractivity contribution in [3.8, 4) is 0 Å². The van der Waals surface area contributed by atoms with Crippen molar-refractivity contribution < 1.29 is 8.42 Å². The molecule has 18 heavy (non-hydrogen) atoms. The van der Waals surface area contributed by atoms with E-state index in [4.69, 9.17) is 5.73 Å². The second-order valence-electron chi connectivity index (χ2n) is 3.67. The van der Waals surface area contributed by atoms with Crippen molar-refractivity contribution in [2.75, 3.05) is 12.0 Å². The zero-order chi connectivity index (χ0) is 13.3. The number of anilines is 1. The SMILES string of the molecule is CSc1nc(N)c(S(=O)(=O)c2ccc(C)cc2)s1. The van der Waals surface area contributed by atoms with E-state index in [1.807, 2.05) is 13.2 Å². The lowest BCUT2D eigenvalue weighted by molar-refractivity contribution is 0.598. The van der Waals surface area contributed by atoms with Crippen LogP contribution in [0.5, 0.6) is 0 Å². The fourth-order valence-corrected chi connectivity index (χ4v) is 4.78. The summed E-state index contributed by atoms with van der Waals surface area (Å²) in [7, 11) is -3.56. The number of thioether (sulfide) groups is 1. The first-order valence-corrected chi connectivity index (χ1v) is 8.59. The lowest BCUT2D eigenvalue weighted by Gasteiger charge is -2.02. The molecular formula is C11H12N2O2S3. The second-order valence-corrected chi connectivity index (χ2v) is 7.87. The van der Waals surface area contributed by atoms with Gasteiger partial charge in [-0.15, -0.1) is 0 Å². The van der Waals surface area contributed by atoms with Crippen molar-refractivity contribution >= 4 is 38.8 Å². The van der Waals surface area contributed by atoms with Crippen molar-refractivity contribution in [1.82, 2.24) is 4.98 Å². The molecule has 0 saturated heterocycles. The van der Waals surface area contributed by atoms with Crippen LogP contribution in [-0.2, 0) is 9.84 Å². The molecule has 96 valence electrons. The monoisotopic (exact) mass is 300 g/mol. The van der Waals surface area contributed by atoms with Gasteiger partial charge in [0.25, 0.3) is 0 Å². The van der Waals surface area contributed by atoms with Crippen molar-refractivity contribution in [2.24, 2.45) is 0 Å². The number of nitrogens with zero attached hydrogens (tertiary/aromatic N) is 1. The molecule has 0 fully saturated rings. The van der Waals surface area contributed by atoms with Crippen LogP contribution in [0.1, 0.15) is 5.56 Å². The van der Waals surface area contributed by atoms with Crippen molar-refractivity contribution in [2.45, 2.75) is 20.4 Å². The molecule has 0 amide bonds. The molecule has 1 aromatic heterocycles. The van der Waals surface area contributed by atoms with Gasteiger partial charge >= 0.3 is 0 Å². The van der Waals surface area contributed by atoms with Gasteiger partial charge in [-0.25, -0.2) is 13.4 Å². The molecule has 0 aliphatic carbocycles. The third kappa shape index (κ3) is 2.38. The maximum Gasteiger partial charge on any atom is 0.219 e. The maximum absolute atomic E-state index is 12.4. The first-order chi connectivity index (χ1) is 8.45. The molecule has 1 aromatic carbocycles. The molecular weight excluding hydrogens is 288 g/mol. The van der Waals surface area contributed by atoms with Crippen LogP contribution in [0.2, 0.25) is 0 Å². The molecule has 0 unspecified atom stereocenters. The molecule has 1 heterocycles. The number of aryl methyl sites for hydroxylation is 1. The highest BCUT2D eigenvalue weighted by Gasteiger charge is 2.24. The number of hydrogen-bond acceptors (Lipinski definition) is 6. The summed E-state index contributed by atoms with van der Waals surface area (Å²) in [6.07, 6.45) is 1.83. The lowest BCUT2D eigenvalue weighted by Crippen LogP contribution is -2.03. The third-order valence-corrected chi connectivity index (χ3v) is 6.70. The molecule has 2 N–H and O–H groups in total. The van der Waals surface area contributed by atoms with E-state index in [1.54, 1.807) is 24.3 Å². The van der Waals surface area contributed by atoms with Crippen LogP contribution in [0.3, 0.4) is 0 Å². The topological polar surface area (TPSA) is 73.0 Å². The van der Waals surface area contributed by atoms with Gasteiger partial charge in [-0.2, -0.15) is 0 Å². The van der Waals surface area contributed by atoms with E-state index in [0.29, 0.717) is 4.34 Å². The number of nitrogen functional groups attached to an aromatic ring is 1. The minimum Gasteiger partial charge on any atom is -0.382 e. The quantitative estimate of drug-likeness (QED) is 0.882. The molecule has 0 aliphatic rings. The Labute approximate surface area is 114 Å². The molecule has 0 spiro atoms. The highest BCUT2D eigenvalue weighted by molar-refractivity contribution is 8.01. The Morgan fingerprint density at radius 3 is 2.39 bits per heavy atom. The van der Waals surface area contributed by atoms with Gasteiger partial charge in [0.15, 0.2) is 14.4 Å². The average molecular weight is 300 g/mol. The van der Waals surface area contributed by atoms with Gasteiger partial charge in [-0.1, -0.05) is 40.8 Å². The Balaban J connectivity index is 2.54. The van der Waals surface area contributed by atoms with Gasteiger partial charge in [-0.3, -0.25) is 0 Å². The highest BCUT2D eigenvalue weighted by atomic mass is 32.2. The van der Waals surface area contributed by atoms with E-state index in [2.05, 4.69) is 4.98 Å². The number of nitrogens with two attached hydrogens (primary N) is 1. The molecule has 2 aromatic rings. The van der Waals surface area contributed by atoms with E-state index in [9.17, 15) is 8.42 Å². The van der Waals surface area contributed by atoms with Gasteiger partial charge in [0, 0.05) is 0 Å². The third-order valence-electron chi connectivity index (χ3n) is 2.35. The summed E-state index contributed by atoms with van der Waals surface area (Å²) in [6, 6.07) is 6.70. The Morgan fingerprint density at radius 2 is 1.89 bits per heavy atom. The molecule has 0 radical (unpaired) electrons. The smallest absolute Gasteiger partial charge is 0.219 e. The molecule has 0 aliphatic heterocycles. The lowest BCUT2D eigenvalue weighted by atomic mass is 10.2. The number of benzene rings is 1. The summed E-state index contributed by atoms with van der Waals surface area (Å²) in [5, 5.41) is 0. The summed E-state index contributed by atoms with van der Waals surface area (Å²) in [5.41, 5.74) is 6.69. The number of sulfone groups is 1. The normalized spacial score (nSPS) is 11.7. The van der Waals surface area contributed by atoms with E-state index >= 15 is 0 Å². The van der Waals surface area contributed by atoms with Crippen LogP contribution in [0.4, 0.5) is 5.82 Å². The highest BCUT2D eigenvalue weighted by Crippen LogP contribution is 2.34. The number of aromatic nitrogens is 1. The number of hydrogen-bond donors (Lipinski definition) is 1. The largest absolute Gasteiger partial charge is 0.382 e. The van der Waals surface area contributed by atoms with Gasteiger partial charge in [0.05, 0.1) is 4.90 Å². The van der Waals surface area contributed by atoms with Crippen LogP contribution in [0.15, 0.2) is 37.7 Å². The average Bonchev–Trinajstić information content (AvgIpc) is 2.72.